The predicted octanol–water partition coefficient (Wildman–Crippen LogP) is -3.69. The summed E-state index contributed by atoms with van der Waals surface area (Å²) in [5, 5.41) is 57.5. The summed E-state index contributed by atoms with van der Waals surface area (Å²) in [7, 11) is 0. The maximum absolute atomic E-state index is 9.76. The van der Waals surface area contributed by atoms with Crippen molar-refractivity contribution in [1.82, 2.24) is 0 Å². The quantitative estimate of drug-likeness (QED) is 0.310. The number of hydrogen-bond donors (Lipinski definition) is 6. The van der Waals surface area contributed by atoms with Gasteiger partial charge >= 0.3 is 0 Å². The zero-order chi connectivity index (χ0) is 15.7. The number of aliphatic hydroxyl groups excluding tert-OH is 6. The molecular weight excluding hydrogens is 288 g/mol. The molecule has 21 heavy (non-hydrogen) atoms. The molecule has 2 fully saturated rings. The highest BCUT2D eigenvalue weighted by atomic mass is 16.7. The highest BCUT2D eigenvalue weighted by Crippen LogP contribution is 2.23. The smallest absolute Gasteiger partial charge is 0.186 e. The van der Waals surface area contributed by atoms with E-state index in [4.69, 9.17) is 14.2 Å². The van der Waals surface area contributed by atoms with Gasteiger partial charge in [-0.05, 0) is 6.92 Å². The van der Waals surface area contributed by atoms with Crippen LogP contribution in [-0.2, 0) is 14.2 Å². The first-order valence-corrected chi connectivity index (χ1v) is 6.80. The molecule has 2 aliphatic heterocycles. The summed E-state index contributed by atoms with van der Waals surface area (Å²) in [6.45, 7) is 1.14. The van der Waals surface area contributed by atoms with Gasteiger partial charge in [0.1, 0.15) is 42.7 Å². The van der Waals surface area contributed by atoms with Crippen LogP contribution in [0.3, 0.4) is 0 Å². The predicted molar refractivity (Wildman–Crippen MR) is 66.1 cm³/mol. The van der Waals surface area contributed by atoms with Crippen molar-refractivity contribution in [3.05, 3.63) is 0 Å². The fourth-order valence-electron chi connectivity index (χ4n) is 2.35. The monoisotopic (exact) mass is 310 g/mol. The average Bonchev–Trinajstić information content (AvgIpc) is 2.46. The van der Waals surface area contributed by atoms with E-state index in [1.54, 1.807) is 0 Å². The van der Waals surface area contributed by atoms with Crippen molar-refractivity contribution in [1.29, 1.82) is 0 Å². The summed E-state index contributed by atoms with van der Waals surface area (Å²) in [4.78, 5) is 0. The third-order valence-electron chi connectivity index (χ3n) is 3.84. The van der Waals surface area contributed by atoms with Gasteiger partial charge < -0.3 is 44.8 Å². The van der Waals surface area contributed by atoms with Crippen molar-refractivity contribution < 1.29 is 44.8 Å². The minimum Gasteiger partial charge on any atom is -0.388 e. The fourth-order valence-corrected chi connectivity index (χ4v) is 2.35. The van der Waals surface area contributed by atoms with Crippen LogP contribution in [0.25, 0.3) is 0 Å². The molecule has 0 saturated carbocycles. The lowest BCUT2D eigenvalue weighted by Gasteiger charge is -2.40. The highest BCUT2D eigenvalue weighted by Gasteiger charge is 2.44. The van der Waals surface area contributed by atoms with Gasteiger partial charge in [-0.15, -0.1) is 0 Å². The molecule has 2 aliphatic rings. The van der Waals surface area contributed by atoms with Crippen LogP contribution in [0.2, 0.25) is 0 Å². The Kier molecular flexibility index (Phi) is 5.52. The zero-order valence-corrected chi connectivity index (χ0v) is 11.5. The van der Waals surface area contributed by atoms with Crippen molar-refractivity contribution in [2.24, 2.45) is 0 Å². The van der Waals surface area contributed by atoms with E-state index >= 15 is 0 Å². The first-order valence-electron chi connectivity index (χ1n) is 6.80. The molecule has 2 saturated heterocycles. The van der Waals surface area contributed by atoms with E-state index in [-0.39, 0.29) is 13.2 Å². The van der Waals surface area contributed by atoms with Crippen LogP contribution < -0.4 is 0 Å². The largest absolute Gasteiger partial charge is 0.388 e. The van der Waals surface area contributed by atoms with Gasteiger partial charge in [0, 0.05) is 0 Å². The Morgan fingerprint density at radius 3 is 2.24 bits per heavy atom. The lowest BCUT2D eigenvalue weighted by Crippen LogP contribution is -2.59. The van der Waals surface area contributed by atoms with E-state index in [2.05, 4.69) is 0 Å². The van der Waals surface area contributed by atoms with Gasteiger partial charge in [-0.25, -0.2) is 0 Å². The number of rotatable bonds is 3. The van der Waals surface area contributed by atoms with Crippen LogP contribution in [0.5, 0.6) is 0 Å². The standard InChI is InChI=1S/C12H22O9/c1-4-7(14)10(17)11(18)12(21-4)20-3-6-9(16)8(15)5(13)2-19-6/h4-18H,2-3H2,1H3/t4-,5-,6+,7-,8+,9+,10+,11+,12+/m0/s1. The molecule has 0 aromatic heterocycles. The zero-order valence-electron chi connectivity index (χ0n) is 11.5. The van der Waals surface area contributed by atoms with E-state index in [0.29, 0.717) is 0 Å². The van der Waals surface area contributed by atoms with Gasteiger partial charge in [-0.2, -0.15) is 0 Å². The summed E-state index contributed by atoms with van der Waals surface area (Å²) < 4.78 is 15.6. The molecule has 0 spiro atoms. The lowest BCUT2D eigenvalue weighted by atomic mass is 9.99. The Morgan fingerprint density at radius 2 is 1.57 bits per heavy atom. The van der Waals surface area contributed by atoms with E-state index in [1.807, 2.05) is 0 Å². The molecule has 6 N–H and O–H groups in total. The molecule has 0 radical (unpaired) electrons. The van der Waals surface area contributed by atoms with Crippen LogP contribution in [0, 0.1) is 0 Å². The van der Waals surface area contributed by atoms with Crippen molar-refractivity contribution in [3.8, 4) is 0 Å². The summed E-state index contributed by atoms with van der Waals surface area (Å²) in [6.07, 6.45) is -10.8. The van der Waals surface area contributed by atoms with Crippen LogP contribution >= 0.6 is 0 Å². The minimum absolute atomic E-state index is 0.155. The topological polar surface area (TPSA) is 149 Å². The molecule has 124 valence electrons. The Balaban J connectivity index is 1.88. The fraction of sp³-hybridized carbons (Fsp3) is 1.00. The van der Waals surface area contributed by atoms with Gasteiger partial charge in [-0.1, -0.05) is 0 Å². The second kappa shape index (κ2) is 6.82. The Morgan fingerprint density at radius 1 is 0.905 bits per heavy atom. The van der Waals surface area contributed by atoms with Crippen molar-refractivity contribution in [2.45, 2.75) is 62.0 Å². The van der Waals surface area contributed by atoms with E-state index in [9.17, 15) is 30.6 Å². The SMILES string of the molecule is C[C@@H]1O[C@@H](OC[C@H]2OC[C@H](O)[C@@H](O)[C@@H]2O)[C@H](O)[C@H](O)[C@H]1O. The number of ether oxygens (including phenoxy) is 3. The average molecular weight is 310 g/mol. The number of aliphatic hydroxyl groups is 6. The summed E-state index contributed by atoms with van der Waals surface area (Å²) in [5.41, 5.74) is 0. The third kappa shape index (κ3) is 3.52. The van der Waals surface area contributed by atoms with Crippen molar-refractivity contribution in [2.75, 3.05) is 13.2 Å². The second-order valence-electron chi connectivity index (χ2n) is 5.44. The van der Waals surface area contributed by atoms with Crippen LogP contribution in [0.4, 0.5) is 0 Å². The Hall–Kier alpha value is -0.360. The van der Waals surface area contributed by atoms with Gasteiger partial charge in [-0.3, -0.25) is 0 Å². The lowest BCUT2D eigenvalue weighted by molar-refractivity contribution is -0.304. The molecule has 0 aliphatic carbocycles. The van der Waals surface area contributed by atoms with Crippen LogP contribution in [0.1, 0.15) is 6.92 Å². The Bertz CT molecular complexity index is 341. The molecule has 2 rings (SSSR count). The molecule has 0 aromatic carbocycles. The summed E-state index contributed by atoms with van der Waals surface area (Å²) in [6, 6.07) is 0. The van der Waals surface area contributed by atoms with Crippen molar-refractivity contribution in [3.63, 3.8) is 0 Å². The summed E-state index contributed by atoms with van der Waals surface area (Å²) >= 11 is 0. The molecule has 0 aromatic rings. The van der Waals surface area contributed by atoms with Gasteiger partial charge in [0.05, 0.1) is 19.3 Å². The van der Waals surface area contributed by atoms with Crippen LogP contribution in [-0.4, -0.2) is 99.0 Å². The van der Waals surface area contributed by atoms with Gasteiger partial charge in [0.25, 0.3) is 0 Å². The molecule has 2 heterocycles. The first-order chi connectivity index (χ1) is 9.82. The van der Waals surface area contributed by atoms with E-state index < -0.39 is 55.1 Å². The molecule has 0 bridgehead atoms. The normalized spacial score (nSPS) is 51.9. The Labute approximate surface area is 121 Å². The van der Waals surface area contributed by atoms with E-state index in [0.717, 1.165) is 0 Å². The van der Waals surface area contributed by atoms with Crippen molar-refractivity contribution >= 4 is 0 Å². The van der Waals surface area contributed by atoms with Gasteiger partial charge in [0.15, 0.2) is 6.29 Å². The van der Waals surface area contributed by atoms with Gasteiger partial charge in [0.2, 0.25) is 0 Å². The summed E-state index contributed by atoms with van der Waals surface area (Å²) in [5.74, 6) is 0. The molecule has 0 unspecified atom stereocenters. The molecule has 9 heteroatoms. The second-order valence-corrected chi connectivity index (χ2v) is 5.44. The maximum Gasteiger partial charge on any atom is 0.186 e. The van der Waals surface area contributed by atoms with Crippen LogP contribution in [0.15, 0.2) is 0 Å². The highest BCUT2D eigenvalue weighted by molar-refractivity contribution is 4.89. The minimum atomic E-state index is -1.45. The molecular formula is C12H22O9. The molecule has 9 atom stereocenters. The first kappa shape index (κ1) is 17.0. The maximum atomic E-state index is 9.76. The molecule has 9 nitrogen and oxygen atoms in total. The molecule has 0 amide bonds. The third-order valence-corrected chi connectivity index (χ3v) is 3.84. The number of hydrogen-bond acceptors (Lipinski definition) is 9. The van der Waals surface area contributed by atoms with E-state index in [1.165, 1.54) is 6.92 Å².